The van der Waals surface area contributed by atoms with E-state index >= 15 is 0 Å². The predicted octanol–water partition coefficient (Wildman–Crippen LogP) is 2.58. The number of nitrogens with zero attached hydrogens (tertiary/aromatic N) is 3. The second-order valence-corrected chi connectivity index (χ2v) is 5.71. The van der Waals surface area contributed by atoms with E-state index in [0.29, 0.717) is 0 Å². The van der Waals surface area contributed by atoms with E-state index in [4.69, 9.17) is 4.74 Å². The number of aromatic nitrogens is 3. The monoisotopic (exact) mass is 327 g/mol. The molecule has 1 aliphatic heterocycles. The lowest BCUT2D eigenvalue weighted by Gasteiger charge is -2.20. The Morgan fingerprint density at radius 1 is 1.38 bits per heavy atom. The first kappa shape index (κ1) is 16.0. The fraction of sp³-hybridized carbons (Fsp3) is 0.353. The summed E-state index contributed by atoms with van der Waals surface area (Å²) in [6.07, 6.45) is 9.03. The van der Waals surface area contributed by atoms with Crippen LogP contribution in [0.4, 0.5) is 11.4 Å². The summed E-state index contributed by atoms with van der Waals surface area (Å²) < 4.78 is 7.04. The molecule has 0 spiro atoms. The summed E-state index contributed by atoms with van der Waals surface area (Å²) in [4.78, 5) is 16.0. The number of hydrogen-bond donors (Lipinski definition) is 2. The number of rotatable bonds is 6. The third kappa shape index (κ3) is 4.13. The Labute approximate surface area is 140 Å². The molecule has 1 amide bonds. The maximum Gasteiger partial charge on any atom is 0.249 e. The summed E-state index contributed by atoms with van der Waals surface area (Å²) in [5.41, 5.74) is 1.74. The van der Waals surface area contributed by atoms with Gasteiger partial charge in [0.2, 0.25) is 5.91 Å². The molecule has 2 unspecified atom stereocenters. The molecule has 24 heavy (non-hydrogen) atoms. The average Bonchev–Trinajstić information content (AvgIpc) is 3.16. The number of ether oxygens (including phenoxy) is 1. The second kappa shape index (κ2) is 7.63. The van der Waals surface area contributed by atoms with Crippen LogP contribution in [-0.2, 0) is 9.53 Å². The summed E-state index contributed by atoms with van der Waals surface area (Å²) in [6, 6.07) is 7.20. The number of amides is 1. The van der Waals surface area contributed by atoms with Crippen LogP contribution in [0.1, 0.15) is 25.8 Å². The van der Waals surface area contributed by atoms with Crippen molar-refractivity contribution in [2.45, 2.75) is 31.9 Å². The molecule has 3 rings (SSSR count). The molecule has 2 N–H and O–H groups in total. The van der Waals surface area contributed by atoms with Crippen molar-refractivity contribution < 1.29 is 9.53 Å². The normalized spacial score (nSPS) is 17.8. The minimum atomic E-state index is -0.415. The van der Waals surface area contributed by atoms with Gasteiger partial charge >= 0.3 is 0 Å². The van der Waals surface area contributed by atoms with Gasteiger partial charge in [-0.1, -0.05) is 0 Å². The topological polar surface area (TPSA) is 81.1 Å². The van der Waals surface area contributed by atoms with Crippen molar-refractivity contribution in [3.63, 3.8) is 0 Å². The van der Waals surface area contributed by atoms with Crippen LogP contribution in [0.15, 0.2) is 49.3 Å². The molecule has 0 saturated heterocycles. The minimum Gasteiger partial charge on any atom is -0.497 e. The molecule has 1 aromatic carbocycles. The summed E-state index contributed by atoms with van der Waals surface area (Å²) >= 11 is 0. The fourth-order valence-electron chi connectivity index (χ4n) is 2.42. The quantitative estimate of drug-likeness (QED) is 0.852. The first-order valence-corrected chi connectivity index (χ1v) is 8.02. The molecule has 2 heterocycles. The van der Waals surface area contributed by atoms with Crippen molar-refractivity contribution in [1.82, 2.24) is 14.8 Å². The van der Waals surface area contributed by atoms with Gasteiger partial charge in [0.1, 0.15) is 24.8 Å². The van der Waals surface area contributed by atoms with Crippen molar-refractivity contribution in [3.8, 4) is 0 Å². The standard InChI is InChI=1S/C17H21N5O2/c1-13(22-12-18-11-20-22)17(23)21-15-7-5-14(6-8-15)19-10-16-4-2-3-9-24-16/h3,5-9,11-13,16,19H,2,4,10H2,1H3,(H,21,23). The van der Waals surface area contributed by atoms with E-state index in [0.717, 1.165) is 30.8 Å². The van der Waals surface area contributed by atoms with Crippen LogP contribution in [-0.4, -0.2) is 33.3 Å². The Balaban J connectivity index is 1.50. The van der Waals surface area contributed by atoms with E-state index in [9.17, 15) is 4.79 Å². The molecular formula is C17H21N5O2. The SMILES string of the molecule is CC(C(=O)Nc1ccc(NCC2CCC=CO2)cc1)n1cncn1. The molecule has 2 atom stereocenters. The second-order valence-electron chi connectivity index (χ2n) is 5.71. The smallest absolute Gasteiger partial charge is 0.249 e. The molecule has 0 fully saturated rings. The van der Waals surface area contributed by atoms with Crippen molar-refractivity contribution >= 4 is 17.3 Å². The molecule has 0 bridgehead atoms. The molecule has 1 aliphatic rings. The number of allylic oxidation sites excluding steroid dienone is 1. The molecule has 0 aliphatic carbocycles. The Morgan fingerprint density at radius 2 is 2.17 bits per heavy atom. The molecule has 126 valence electrons. The van der Waals surface area contributed by atoms with Gasteiger partial charge in [0.15, 0.2) is 0 Å². The highest BCUT2D eigenvalue weighted by molar-refractivity contribution is 5.93. The van der Waals surface area contributed by atoms with Crippen LogP contribution in [0.25, 0.3) is 0 Å². The van der Waals surface area contributed by atoms with E-state index in [1.807, 2.05) is 30.3 Å². The minimum absolute atomic E-state index is 0.136. The zero-order valence-electron chi connectivity index (χ0n) is 13.6. The summed E-state index contributed by atoms with van der Waals surface area (Å²) in [6.45, 7) is 2.54. The van der Waals surface area contributed by atoms with E-state index in [-0.39, 0.29) is 12.0 Å². The zero-order valence-corrected chi connectivity index (χ0v) is 13.6. The molecule has 7 heteroatoms. The van der Waals surface area contributed by atoms with Gasteiger partial charge < -0.3 is 15.4 Å². The zero-order chi connectivity index (χ0) is 16.8. The Morgan fingerprint density at radius 3 is 2.83 bits per heavy atom. The number of benzene rings is 1. The van der Waals surface area contributed by atoms with Crippen molar-refractivity contribution in [2.24, 2.45) is 0 Å². The van der Waals surface area contributed by atoms with Crippen LogP contribution in [0.2, 0.25) is 0 Å². The van der Waals surface area contributed by atoms with E-state index in [1.54, 1.807) is 13.2 Å². The molecular weight excluding hydrogens is 306 g/mol. The van der Waals surface area contributed by atoms with Gasteiger partial charge in [-0.05, 0) is 50.1 Å². The number of anilines is 2. The lowest BCUT2D eigenvalue weighted by molar-refractivity contribution is -0.119. The third-order valence-corrected chi connectivity index (χ3v) is 3.92. The van der Waals surface area contributed by atoms with Gasteiger partial charge in [-0.2, -0.15) is 5.10 Å². The lowest BCUT2D eigenvalue weighted by Crippen LogP contribution is -2.24. The van der Waals surface area contributed by atoms with Crippen LogP contribution in [0.3, 0.4) is 0 Å². The third-order valence-electron chi connectivity index (χ3n) is 3.92. The van der Waals surface area contributed by atoms with Gasteiger partial charge in [0.05, 0.1) is 12.8 Å². The van der Waals surface area contributed by atoms with Crippen molar-refractivity contribution in [1.29, 1.82) is 0 Å². The Bertz CT molecular complexity index is 682. The highest BCUT2D eigenvalue weighted by Crippen LogP contribution is 2.17. The molecule has 1 aromatic heterocycles. The Hall–Kier alpha value is -2.83. The first-order valence-electron chi connectivity index (χ1n) is 8.02. The highest BCUT2D eigenvalue weighted by atomic mass is 16.5. The highest BCUT2D eigenvalue weighted by Gasteiger charge is 2.15. The average molecular weight is 327 g/mol. The maximum absolute atomic E-state index is 12.2. The van der Waals surface area contributed by atoms with Crippen LogP contribution < -0.4 is 10.6 Å². The van der Waals surface area contributed by atoms with Gasteiger partial charge in [0.25, 0.3) is 0 Å². The first-order chi connectivity index (χ1) is 11.7. The number of carbonyl (C=O) groups is 1. The van der Waals surface area contributed by atoms with Gasteiger partial charge in [-0.25, -0.2) is 9.67 Å². The summed E-state index contributed by atoms with van der Waals surface area (Å²) in [7, 11) is 0. The van der Waals surface area contributed by atoms with E-state index < -0.39 is 6.04 Å². The fourth-order valence-corrected chi connectivity index (χ4v) is 2.42. The van der Waals surface area contributed by atoms with E-state index in [1.165, 1.54) is 17.3 Å². The van der Waals surface area contributed by atoms with E-state index in [2.05, 4.69) is 20.7 Å². The summed E-state index contributed by atoms with van der Waals surface area (Å²) in [5.74, 6) is -0.136. The molecule has 0 radical (unpaired) electrons. The number of nitrogens with one attached hydrogen (secondary N) is 2. The lowest BCUT2D eigenvalue weighted by atomic mass is 10.1. The number of hydrogen-bond acceptors (Lipinski definition) is 5. The van der Waals surface area contributed by atoms with Crippen molar-refractivity contribution in [3.05, 3.63) is 49.3 Å². The van der Waals surface area contributed by atoms with Crippen LogP contribution in [0, 0.1) is 0 Å². The maximum atomic E-state index is 12.2. The van der Waals surface area contributed by atoms with Gasteiger partial charge in [-0.15, -0.1) is 0 Å². The Kier molecular flexibility index (Phi) is 5.10. The van der Waals surface area contributed by atoms with Crippen LogP contribution in [0.5, 0.6) is 0 Å². The summed E-state index contributed by atoms with van der Waals surface area (Å²) in [5, 5.41) is 10.2. The van der Waals surface area contributed by atoms with Gasteiger partial charge in [0, 0.05) is 11.4 Å². The molecule has 2 aromatic rings. The van der Waals surface area contributed by atoms with Gasteiger partial charge in [-0.3, -0.25) is 4.79 Å². The molecule has 7 nitrogen and oxygen atoms in total. The van der Waals surface area contributed by atoms with Crippen molar-refractivity contribution in [2.75, 3.05) is 17.2 Å². The number of carbonyl (C=O) groups excluding carboxylic acids is 1. The predicted molar refractivity (Wildman–Crippen MR) is 91.5 cm³/mol. The largest absolute Gasteiger partial charge is 0.497 e. The molecule has 0 saturated carbocycles. The van der Waals surface area contributed by atoms with Crippen LogP contribution >= 0.6 is 0 Å².